The summed E-state index contributed by atoms with van der Waals surface area (Å²) in [5.74, 6) is 0.823. The molecule has 1 aliphatic heterocycles. The second kappa shape index (κ2) is 3.83. The quantitative estimate of drug-likeness (QED) is 0.751. The summed E-state index contributed by atoms with van der Waals surface area (Å²) in [4.78, 5) is 9.09. The molecule has 3 heteroatoms. The molecular formula is C13H9BrN2. The maximum absolute atomic E-state index is 4.57. The number of hydrogen-bond acceptors (Lipinski definition) is 2. The van der Waals surface area contributed by atoms with Crippen LogP contribution in [0.5, 0.6) is 0 Å². The Labute approximate surface area is 102 Å². The van der Waals surface area contributed by atoms with Crippen LogP contribution in [0.15, 0.2) is 63.0 Å². The molecule has 0 amide bonds. The summed E-state index contributed by atoms with van der Waals surface area (Å²) in [5.41, 5.74) is 2.09. The predicted octanol–water partition coefficient (Wildman–Crippen LogP) is 3.14. The van der Waals surface area contributed by atoms with Crippen molar-refractivity contribution in [1.82, 2.24) is 0 Å². The highest BCUT2D eigenvalue weighted by atomic mass is 79.9. The van der Waals surface area contributed by atoms with Crippen LogP contribution in [0.4, 0.5) is 0 Å². The molecule has 2 nitrogen and oxygen atoms in total. The van der Waals surface area contributed by atoms with Crippen LogP contribution in [0.25, 0.3) is 0 Å². The molecule has 3 rings (SSSR count). The van der Waals surface area contributed by atoms with Crippen molar-refractivity contribution in [3.05, 3.63) is 58.6 Å². The standard InChI is InChI=1S/C13H9BrN2/c14-10-7-5-9(6-8-10)13-15-11-3-1-2-4-12(11)16-13/h1-8,11H/t11-/m1/s1. The van der Waals surface area contributed by atoms with E-state index in [-0.39, 0.29) is 6.04 Å². The van der Waals surface area contributed by atoms with Crippen molar-refractivity contribution in [3.63, 3.8) is 0 Å². The molecule has 1 atom stereocenters. The van der Waals surface area contributed by atoms with Gasteiger partial charge in [0, 0.05) is 10.0 Å². The van der Waals surface area contributed by atoms with Gasteiger partial charge in [-0.3, -0.25) is 4.99 Å². The Kier molecular flexibility index (Phi) is 2.33. The van der Waals surface area contributed by atoms with Gasteiger partial charge in [-0.1, -0.05) is 46.3 Å². The summed E-state index contributed by atoms with van der Waals surface area (Å²) >= 11 is 3.42. The number of halogens is 1. The molecule has 1 aliphatic carbocycles. The summed E-state index contributed by atoms with van der Waals surface area (Å²) in [7, 11) is 0. The van der Waals surface area contributed by atoms with E-state index in [1.54, 1.807) is 0 Å². The number of fused-ring (bicyclic) bond motifs is 1. The van der Waals surface area contributed by atoms with Gasteiger partial charge in [-0.25, -0.2) is 4.99 Å². The van der Waals surface area contributed by atoms with Gasteiger partial charge in [-0.05, 0) is 18.2 Å². The van der Waals surface area contributed by atoms with Crippen LogP contribution in [-0.4, -0.2) is 17.6 Å². The van der Waals surface area contributed by atoms with Crippen LogP contribution in [0, 0.1) is 0 Å². The van der Waals surface area contributed by atoms with Crippen LogP contribution in [0.3, 0.4) is 0 Å². The smallest absolute Gasteiger partial charge is 0.155 e. The summed E-state index contributed by atoms with van der Waals surface area (Å²) < 4.78 is 1.07. The highest BCUT2D eigenvalue weighted by molar-refractivity contribution is 9.10. The zero-order chi connectivity index (χ0) is 11.0. The fourth-order valence-electron chi connectivity index (χ4n) is 1.75. The maximum atomic E-state index is 4.57. The van der Waals surface area contributed by atoms with Gasteiger partial charge in [0.25, 0.3) is 0 Å². The minimum atomic E-state index is 0.114. The Balaban J connectivity index is 1.98. The summed E-state index contributed by atoms with van der Waals surface area (Å²) in [6.07, 6.45) is 8.08. The van der Waals surface area contributed by atoms with E-state index >= 15 is 0 Å². The molecule has 1 aromatic carbocycles. The zero-order valence-corrected chi connectivity index (χ0v) is 10.1. The SMILES string of the molecule is Brc1ccc(C2=N[C@@H]3C=CC=CC3=N2)cc1. The van der Waals surface area contributed by atoms with Gasteiger partial charge in [-0.15, -0.1) is 0 Å². The fraction of sp³-hybridized carbons (Fsp3) is 0.0769. The first-order valence-corrected chi connectivity index (χ1v) is 5.89. The Morgan fingerprint density at radius 2 is 1.88 bits per heavy atom. The third-order valence-corrected chi connectivity index (χ3v) is 3.10. The van der Waals surface area contributed by atoms with E-state index in [0.717, 1.165) is 21.6 Å². The first-order chi connectivity index (χ1) is 7.83. The lowest BCUT2D eigenvalue weighted by Gasteiger charge is -2.02. The third kappa shape index (κ3) is 1.67. The normalized spacial score (nSPS) is 21.7. The maximum Gasteiger partial charge on any atom is 0.155 e. The molecule has 1 heterocycles. The van der Waals surface area contributed by atoms with Crippen LogP contribution in [0.2, 0.25) is 0 Å². The van der Waals surface area contributed by atoms with Crippen molar-refractivity contribution in [2.45, 2.75) is 6.04 Å². The minimum Gasteiger partial charge on any atom is -0.252 e. The van der Waals surface area contributed by atoms with Crippen molar-refractivity contribution in [2.24, 2.45) is 9.98 Å². The van der Waals surface area contributed by atoms with Crippen molar-refractivity contribution < 1.29 is 0 Å². The minimum absolute atomic E-state index is 0.114. The number of nitrogens with zero attached hydrogens (tertiary/aromatic N) is 2. The molecule has 0 fully saturated rings. The average molecular weight is 273 g/mol. The number of aliphatic imine (C=N–C) groups is 2. The van der Waals surface area contributed by atoms with Gasteiger partial charge in [0.1, 0.15) is 6.04 Å². The van der Waals surface area contributed by atoms with E-state index in [2.05, 4.69) is 32.0 Å². The first-order valence-electron chi connectivity index (χ1n) is 5.10. The molecule has 0 bridgehead atoms. The highest BCUT2D eigenvalue weighted by Crippen LogP contribution is 2.18. The Morgan fingerprint density at radius 3 is 2.62 bits per heavy atom. The largest absolute Gasteiger partial charge is 0.252 e. The number of benzene rings is 1. The molecule has 0 aromatic heterocycles. The molecule has 16 heavy (non-hydrogen) atoms. The van der Waals surface area contributed by atoms with E-state index in [9.17, 15) is 0 Å². The first kappa shape index (κ1) is 9.73. The predicted molar refractivity (Wildman–Crippen MR) is 70.2 cm³/mol. The lowest BCUT2D eigenvalue weighted by Crippen LogP contribution is -2.11. The monoisotopic (exact) mass is 272 g/mol. The highest BCUT2D eigenvalue weighted by Gasteiger charge is 2.20. The van der Waals surface area contributed by atoms with Gasteiger partial charge in [0.2, 0.25) is 0 Å². The van der Waals surface area contributed by atoms with E-state index in [4.69, 9.17) is 0 Å². The lowest BCUT2D eigenvalue weighted by atomic mass is 10.1. The molecular weight excluding hydrogens is 264 g/mol. The fourth-order valence-corrected chi connectivity index (χ4v) is 2.02. The number of allylic oxidation sites excluding steroid dienone is 2. The van der Waals surface area contributed by atoms with E-state index in [1.165, 1.54) is 0 Å². The average Bonchev–Trinajstić information content (AvgIpc) is 2.73. The zero-order valence-electron chi connectivity index (χ0n) is 8.47. The lowest BCUT2D eigenvalue weighted by molar-refractivity contribution is 1.11. The Bertz CT molecular complexity index is 536. The van der Waals surface area contributed by atoms with Crippen molar-refractivity contribution >= 4 is 27.5 Å². The van der Waals surface area contributed by atoms with Crippen molar-refractivity contribution in [1.29, 1.82) is 0 Å². The molecule has 0 spiro atoms. The molecule has 0 saturated carbocycles. The van der Waals surface area contributed by atoms with Gasteiger partial charge in [-0.2, -0.15) is 0 Å². The molecule has 0 saturated heterocycles. The third-order valence-electron chi connectivity index (χ3n) is 2.57. The second-order valence-electron chi connectivity index (χ2n) is 3.69. The summed E-state index contributed by atoms with van der Waals surface area (Å²) in [5, 5.41) is 0. The number of rotatable bonds is 1. The van der Waals surface area contributed by atoms with Crippen LogP contribution < -0.4 is 0 Å². The van der Waals surface area contributed by atoms with Crippen molar-refractivity contribution in [3.8, 4) is 0 Å². The van der Waals surface area contributed by atoms with Gasteiger partial charge in [0.15, 0.2) is 5.84 Å². The topological polar surface area (TPSA) is 24.7 Å². The van der Waals surface area contributed by atoms with Crippen LogP contribution in [0.1, 0.15) is 5.56 Å². The summed E-state index contributed by atoms with van der Waals surface area (Å²) in [6, 6.07) is 8.18. The van der Waals surface area contributed by atoms with E-state index in [1.807, 2.05) is 42.5 Å². The molecule has 2 aliphatic rings. The van der Waals surface area contributed by atoms with Crippen LogP contribution >= 0.6 is 15.9 Å². The van der Waals surface area contributed by atoms with Gasteiger partial charge < -0.3 is 0 Å². The van der Waals surface area contributed by atoms with Crippen LogP contribution in [-0.2, 0) is 0 Å². The molecule has 0 unspecified atom stereocenters. The van der Waals surface area contributed by atoms with Gasteiger partial charge in [0.05, 0.1) is 5.71 Å². The van der Waals surface area contributed by atoms with E-state index < -0.39 is 0 Å². The molecule has 0 N–H and O–H groups in total. The van der Waals surface area contributed by atoms with Crippen molar-refractivity contribution in [2.75, 3.05) is 0 Å². The molecule has 78 valence electrons. The van der Waals surface area contributed by atoms with Gasteiger partial charge >= 0.3 is 0 Å². The second-order valence-corrected chi connectivity index (χ2v) is 4.60. The number of amidine groups is 1. The summed E-state index contributed by atoms with van der Waals surface area (Å²) in [6.45, 7) is 0. The number of hydrogen-bond donors (Lipinski definition) is 0. The molecule has 0 radical (unpaired) electrons. The molecule has 1 aromatic rings. The Morgan fingerprint density at radius 1 is 1.06 bits per heavy atom. The van der Waals surface area contributed by atoms with E-state index in [0.29, 0.717) is 0 Å². The Hall–Kier alpha value is -1.48.